The lowest BCUT2D eigenvalue weighted by Gasteiger charge is -2.21. The molecule has 0 saturated heterocycles. The second kappa shape index (κ2) is 5.98. The highest BCUT2D eigenvalue weighted by molar-refractivity contribution is 5.94. The maximum Gasteiger partial charge on any atom is 0.254 e. The van der Waals surface area contributed by atoms with E-state index >= 15 is 0 Å². The number of carbonyl (C=O) groups excluding carboxylic acids is 1. The van der Waals surface area contributed by atoms with E-state index < -0.39 is 0 Å². The summed E-state index contributed by atoms with van der Waals surface area (Å²) in [6.45, 7) is 0.933. The number of hydrogen-bond acceptors (Lipinski definition) is 3. The van der Waals surface area contributed by atoms with Gasteiger partial charge in [-0.15, -0.1) is 0 Å². The summed E-state index contributed by atoms with van der Waals surface area (Å²) >= 11 is 0. The fourth-order valence-corrected chi connectivity index (χ4v) is 2.07. The largest absolute Gasteiger partial charge is 0.395 e. The van der Waals surface area contributed by atoms with Gasteiger partial charge in [0.2, 0.25) is 0 Å². The Morgan fingerprint density at radius 3 is 2.89 bits per heavy atom. The fourth-order valence-electron chi connectivity index (χ4n) is 2.07. The molecule has 0 unspecified atom stereocenters. The highest BCUT2D eigenvalue weighted by atomic mass is 16.5. The minimum Gasteiger partial charge on any atom is -0.395 e. The molecule has 1 aromatic rings. The average Bonchev–Trinajstić information content (AvgIpc) is 3.20. The number of ether oxygens (including phenoxy) is 1. The van der Waals surface area contributed by atoms with Gasteiger partial charge in [-0.1, -0.05) is 12.1 Å². The maximum atomic E-state index is 12.3. The first kappa shape index (κ1) is 13.1. The molecule has 0 spiro atoms. The van der Waals surface area contributed by atoms with Gasteiger partial charge in [0, 0.05) is 25.3 Å². The van der Waals surface area contributed by atoms with Crippen molar-refractivity contribution in [3.05, 3.63) is 35.4 Å². The molecule has 4 nitrogen and oxygen atoms in total. The number of benzene rings is 1. The second-order valence-electron chi connectivity index (χ2n) is 4.59. The number of nitrogens with zero attached hydrogens (tertiary/aromatic N) is 1. The van der Waals surface area contributed by atoms with Gasteiger partial charge in [0.15, 0.2) is 0 Å². The molecule has 1 aliphatic rings. The van der Waals surface area contributed by atoms with Crippen molar-refractivity contribution in [3.63, 3.8) is 0 Å². The number of aliphatic hydroxyl groups excluding tert-OH is 1. The smallest absolute Gasteiger partial charge is 0.254 e. The predicted molar refractivity (Wildman–Crippen MR) is 68.3 cm³/mol. The third-order valence-corrected chi connectivity index (χ3v) is 3.07. The lowest BCUT2D eigenvalue weighted by molar-refractivity contribution is 0.0707. The summed E-state index contributed by atoms with van der Waals surface area (Å²) in [6, 6.07) is 7.79. The zero-order valence-corrected chi connectivity index (χ0v) is 10.6. The molecule has 0 heterocycles. The van der Waals surface area contributed by atoms with Crippen molar-refractivity contribution >= 4 is 5.91 Å². The Morgan fingerprint density at radius 1 is 1.50 bits per heavy atom. The molecule has 18 heavy (non-hydrogen) atoms. The fraction of sp³-hybridized carbons (Fsp3) is 0.500. The first-order valence-electron chi connectivity index (χ1n) is 6.26. The SMILES string of the molecule is COCc1cccc(C(=O)N(CCO)C2CC2)c1. The Bertz CT molecular complexity index is 415. The number of hydrogen-bond donors (Lipinski definition) is 1. The van der Waals surface area contributed by atoms with Crippen molar-refractivity contribution < 1.29 is 14.6 Å². The van der Waals surface area contributed by atoms with Crippen LogP contribution in [0.3, 0.4) is 0 Å². The highest BCUT2D eigenvalue weighted by Gasteiger charge is 2.32. The van der Waals surface area contributed by atoms with Crippen LogP contribution in [-0.2, 0) is 11.3 Å². The lowest BCUT2D eigenvalue weighted by atomic mass is 10.1. The van der Waals surface area contributed by atoms with Crippen molar-refractivity contribution in [2.24, 2.45) is 0 Å². The molecule has 1 aromatic carbocycles. The minimum atomic E-state index is 0.00417. The molecule has 1 amide bonds. The van der Waals surface area contributed by atoms with Crippen LogP contribution in [0.15, 0.2) is 24.3 Å². The summed E-state index contributed by atoms with van der Waals surface area (Å²) in [7, 11) is 1.64. The standard InChI is InChI=1S/C14H19NO3/c1-18-10-11-3-2-4-12(9-11)14(17)15(7-8-16)13-5-6-13/h2-4,9,13,16H,5-8,10H2,1H3. The Hall–Kier alpha value is -1.39. The number of methoxy groups -OCH3 is 1. The molecule has 0 atom stereocenters. The van der Waals surface area contributed by atoms with E-state index in [4.69, 9.17) is 9.84 Å². The molecule has 1 fully saturated rings. The van der Waals surface area contributed by atoms with Crippen LogP contribution in [0.5, 0.6) is 0 Å². The highest BCUT2D eigenvalue weighted by Crippen LogP contribution is 2.28. The van der Waals surface area contributed by atoms with Crippen molar-refractivity contribution in [2.75, 3.05) is 20.3 Å². The van der Waals surface area contributed by atoms with Gasteiger partial charge in [-0.25, -0.2) is 0 Å². The van der Waals surface area contributed by atoms with Crippen LogP contribution < -0.4 is 0 Å². The van der Waals surface area contributed by atoms with E-state index in [2.05, 4.69) is 0 Å². The van der Waals surface area contributed by atoms with E-state index in [1.54, 1.807) is 12.0 Å². The summed E-state index contributed by atoms with van der Waals surface area (Å²) < 4.78 is 5.07. The zero-order chi connectivity index (χ0) is 13.0. The van der Waals surface area contributed by atoms with Crippen LogP contribution in [-0.4, -0.2) is 42.2 Å². The molecule has 98 valence electrons. The Labute approximate surface area is 107 Å². The quantitative estimate of drug-likeness (QED) is 0.829. The van der Waals surface area contributed by atoms with E-state index in [0.717, 1.165) is 18.4 Å². The van der Waals surface area contributed by atoms with E-state index in [1.165, 1.54) is 0 Å². The molecule has 0 radical (unpaired) electrons. The Morgan fingerprint density at radius 2 is 2.28 bits per heavy atom. The number of carbonyl (C=O) groups is 1. The molecule has 1 N–H and O–H groups in total. The van der Waals surface area contributed by atoms with Gasteiger partial charge >= 0.3 is 0 Å². The number of rotatable bonds is 6. The van der Waals surface area contributed by atoms with Gasteiger partial charge in [0.25, 0.3) is 5.91 Å². The van der Waals surface area contributed by atoms with Gasteiger partial charge in [-0.3, -0.25) is 4.79 Å². The van der Waals surface area contributed by atoms with E-state index in [0.29, 0.717) is 24.8 Å². The molecule has 0 bridgehead atoms. The summed E-state index contributed by atoms with van der Waals surface area (Å²) in [5, 5.41) is 9.03. The normalized spacial score (nSPS) is 14.6. The summed E-state index contributed by atoms with van der Waals surface area (Å²) in [5.74, 6) is 0.00417. The van der Waals surface area contributed by atoms with Crippen molar-refractivity contribution in [1.82, 2.24) is 4.90 Å². The minimum absolute atomic E-state index is 0.00417. The first-order valence-corrected chi connectivity index (χ1v) is 6.26. The van der Waals surface area contributed by atoms with Gasteiger partial charge in [-0.2, -0.15) is 0 Å². The van der Waals surface area contributed by atoms with E-state index in [-0.39, 0.29) is 12.5 Å². The van der Waals surface area contributed by atoms with Crippen molar-refractivity contribution in [3.8, 4) is 0 Å². The van der Waals surface area contributed by atoms with E-state index in [1.807, 2.05) is 24.3 Å². The molecule has 1 saturated carbocycles. The summed E-state index contributed by atoms with van der Waals surface area (Å²) in [5.41, 5.74) is 1.66. The third kappa shape index (κ3) is 3.09. The van der Waals surface area contributed by atoms with Crippen LogP contribution in [0, 0.1) is 0 Å². The zero-order valence-electron chi connectivity index (χ0n) is 10.6. The Balaban J connectivity index is 2.13. The van der Waals surface area contributed by atoms with E-state index in [9.17, 15) is 4.79 Å². The topological polar surface area (TPSA) is 49.8 Å². The average molecular weight is 249 g/mol. The first-order chi connectivity index (χ1) is 8.76. The van der Waals surface area contributed by atoms with Crippen LogP contribution in [0.25, 0.3) is 0 Å². The van der Waals surface area contributed by atoms with Gasteiger partial charge in [-0.05, 0) is 30.5 Å². The van der Waals surface area contributed by atoms with Crippen LogP contribution in [0.1, 0.15) is 28.8 Å². The summed E-state index contributed by atoms with van der Waals surface area (Å²) in [4.78, 5) is 14.1. The number of amides is 1. The third-order valence-electron chi connectivity index (χ3n) is 3.07. The van der Waals surface area contributed by atoms with Crippen molar-refractivity contribution in [2.45, 2.75) is 25.5 Å². The number of aliphatic hydroxyl groups is 1. The lowest BCUT2D eigenvalue weighted by Crippen LogP contribution is -2.35. The monoisotopic (exact) mass is 249 g/mol. The predicted octanol–water partition coefficient (Wildman–Crippen LogP) is 1.43. The molecule has 0 aromatic heterocycles. The maximum absolute atomic E-state index is 12.3. The van der Waals surface area contributed by atoms with Gasteiger partial charge < -0.3 is 14.7 Å². The molecular weight excluding hydrogens is 230 g/mol. The van der Waals surface area contributed by atoms with Crippen LogP contribution in [0.2, 0.25) is 0 Å². The van der Waals surface area contributed by atoms with Crippen LogP contribution in [0.4, 0.5) is 0 Å². The second-order valence-corrected chi connectivity index (χ2v) is 4.59. The van der Waals surface area contributed by atoms with Crippen molar-refractivity contribution in [1.29, 1.82) is 0 Å². The Kier molecular flexibility index (Phi) is 4.33. The van der Waals surface area contributed by atoms with Gasteiger partial charge in [0.05, 0.1) is 13.2 Å². The molecule has 1 aliphatic carbocycles. The molecule has 0 aliphatic heterocycles. The van der Waals surface area contributed by atoms with Gasteiger partial charge in [0.1, 0.15) is 0 Å². The molecule has 4 heteroatoms. The summed E-state index contributed by atoms with van der Waals surface area (Å²) in [6.07, 6.45) is 2.09. The molecular formula is C14H19NO3. The van der Waals surface area contributed by atoms with Crippen LogP contribution >= 0.6 is 0 Å². The molecule has 2 rings (SSSR count).